The van der Waals surface area contributed by atoms with Gasteiger partial charge in [-0.1, -0.05) is 12.1 Å². The van der Waals surface area contributed by atoms with Gasteiger partial charge < -0.3 is 10.5 Å². The molecule has 2 aromatic rings. The lowest BCUT2D eigenvalue weighted by atomic mass is 10.3. The van der Waals surface area contributed by atoms with E-state index in [1.165, 1.54) is 5.03 Å². The number of aromatic nitrogens is 2. The molecule has 0 atom stereocenters. The minimum Gasteiger partial charge on any atom is -0.491 e. The highest BCUT2D eigenvalue weighted by Crippen LogP contribution is 2.21. The minimum absolute atomic E-state index is 0.679. The Labute approximate surface area is 117 Å². The normalized spacial score (nSPS) is 10.6. The number of para-hydroxylation sites is 2. The molecule has 0 unspecified atom stereocenters. The van der Waals surface area contributed by atoms with Gasteiger partial charge in [-0.05, 0) is 31.5 Å². The number of thioether (sulfide) groups is 1. The second-order valence-electron chi connectivity index (χ2n) is 4.34. The van der Waals surface area contributed by atoms with Crippen molar-refractivity contribution in [2.45, 2.75) is 18.4 Å². The SMILES string of the molecule is Cc1cc(SCCCOc2ccccc2N)n(C)n1. The summed E-state index contributed by atoms with van der Waals surface area (Å²) in [6.45, 7) is 2.68. The molecule has 1 aromatic carbocycles. The summed E-state index contributed by atoms with van der Waals surface area (Å²) in [6.07, 6.45) is 0.975. The quantitative estimate of drug-likeness (QED) is 0.501. The maximum atomic E-state index is 5.81. The van der Waals surface area contributed by atoms with E-state index in [4.69, 9.17) is 10.5 Å². The van der Waals surface area contributed by atoms with Crippen molar-refractivity contribution < 1.29 is 4.74 Å². The van der Waals surface area contributed by atoms with E-state index in [1.54, 1.807) is 11.8 Å². The van der Waals surface area contributed by atoms with E-state index < -0.39 is 0 Å². The molecule has 0 aliphatic rings. The van der Waals surface area contributed by atoms with E-state index in [2.05, 4.69) is 11.2 Å². The van der Waals surface area contributed by atoms with Gasteiger partial charge in [0.05, 0.1) is 23.0 Å². The number of nitrogens with two attached hydrogens (primary N) is 1. The molecule has 4 nitrogen and oxygen atoms in total. The highest BCUT2D eigenvalue weighted by atomic mass is 32.2. The van der Waals surface area contributed by atoms with Crippen LogP contribution in [-0.2, 0) is 7.05 Å². The molecule has 0 saturated heterocycles. The Balaban J connectivity index is 1.70. The zero-order chi connectivity index (χ0) is 13.7. The summed E-state index contributed by atoms with van der Waals surface area (Å²) in [4.78, 5) is 0. The van der Waals surface area contributed by atoms with Gasteiger partial charge in [-0.15, -0.1) is 11.8 Å². The molecule has 0 radical (unpaired) electrons. The van der Waals surface area contributed by atoms with E-state index in [1.807, 2.05) is 42.9 Å². The number of ether oxygens (including phenoxy) is 1. The fraction of sp³-hybridized carbons (Fsp3) is 0.357. The Hall–Kier alpha value is -1.62. The Morgan fingerprint density at radius 3 is 2.84 bits per heavy atom. The molecule has 19 heavy (non-hydrogen) atoms. The molecule has 5 heteroatoms. The Kier molecular flexibility index (Phi) is 4.74. The molecule has 102 valence electrons. The lowest BCUT2D eigenvalue weighted by Crippen LogP contribution is -2.01. The first-order chi connectivity index (χ1) is 9.16. The predicted molar refractivity (Wildman–Crippen MR) is 79.6 cm³/mol. The largest absolute Gasteiger partial charge is 0.491 e. The lowest BCUT2D eigenvalue weighted by molar-refractivity contribution is 0.320. The monoisotopic (exact) mass is 277 g/mol. The highest BCUT2D eigenvalue weighted by molar-refractivity contribution is 7.99. The first-order valence-corrected chi connectivity index (χ1v) is 7.26. The summed E-state index contributed by atoms with van der Waals surface area (Å²) < 4.78 is 7.56. The van der Waals surface area contributed by atoms with Gasteiger partial charge >= 0.3 is 0 Å². The van der Waals surface area contributed by atoms with Crippen LogP contribution in [0.2, 0.25) is 0 Å². The van der Waals surface area contributed by atoms with Gasteiger partial charge in [0.1, 0.15) is 5.75 Å². The highest BCUT2D eigenvalue weighted by Gasteiger charge is 2.03. The Morgan fingerprint density at radius 2 is 2.16 bits per heavy atom. The molecule has 0 spiro atoms. The average molecular weight is 277 g/mol. The van der Waals surface area contributed by atoms with Crippen LogP contribution < -0.4 is 10.5 Å². The molecule has 1 heterocycles. The third kappa shape index (κ3) is 3.92. The number of hydrogen-bond acceptors (Lipinski definition) is 4. The molecule has 1 aromatic heterocycles. The smallest absolute Gasteiger partial charge is 0.142 e. The lowest BCUT2D eigenvalue weighted by Gasteiger charge is -2.08. The average Bonchev–Trinajstić information content (AvgIpc) is 2.70. The summed E-state index contributed by atoms with van der Waals surface area (Å²) in [7, 11) is 1.97. The number of hydrogen-bond donors (Lipinski definition) is 1. The molecule has 2 N–H and O–H groups in total. The van der Waals surface area contributed by atoms with Gasteiger partial charge in [0.15, 0.2) is 0 Å². The van der Waals surface area contributed by atoms with E-state index in [9.17, 15) is 0 Å². The van der Waals surface area contributed by atoms with Gasteiger partial charge in [0, 0.05) is 12.8 Å². The maximum absolute atomic E-state index is 5.81. The van der Waals surface area contributed by atoms with Crippen LogP contribution in [0, 0.1) is 6.92 Å². The number of rotatable bonds is 6. The molecule has 0 bridgehead atoms. The van der Waals surface area contributed by atoms with Crippen LogP contribution in [0.15, 0.2) is 35.4 Å². The number of benzene rings is 1. The maximum Gasteiger partial charge on any atom is 0.142 e. The molecule has 2 rings (SSSR count). The first kappa shape index (κ1) is 13.8. The predicted octanol–water partition coefficient (Wildman–Crippen LogP) is 2.87. The van der Waals surface area contributed by atoms with Crippen LogP contribution in [0.5, 0.6) is 5.75 Å². The van der Waals surface area contributed by atoms with E-state index in [0.29, 0.717) is 12.3 Å². The number of nitrogens with zero attached hydrogens (tertiary/aromatic N) is 2. The van der Waals surface area contributed by atoms with Crippen molar-refractivity contribution in [2.24, 2.45) is 7.05 Å². The van der Waals surface area contributed by atoms with Crippen LogP contribution >= 0.6 is 11.8 Å². The second-order valence-corrected chi connectivity index (χ2v) is 5.45. The summed E-state index contributed by atoms with van der Waals surface area (Å²) in [5.74, 6) is 1.77. The fourth-order valence-corrected chi connectivity index (χ4v) is 2.70. The van der Waals surface area contributed by atoms with E-state index in [0.717, 1.165) is 23.6 Å². The van der Waals surface area contributed by atoms with Crippen molar-refractivity contribution in [1.82, 2.24) is 9.78 Å². The molecule has 0 saturated carbocycles. The summed E-state index contributed by atoms with van der Waals surface area (Å²) >= 11 is 1.80. The topological polar surface area (TPSA) is 53.1 Å². The van der Waals surface area contributed by atoms with Crippen molar-refractivity contribution in [3.8, 4) is 5.75 Å². The fourth-order valence-electron chi connectivity index (χ4n) is 1.75. The van der Waals surface area contributed by atoms with Crippen LogP contribution in [0.3, 0.4) is 0 Å². The number of aryl methyl sites for hydroxylation is 2. The molecule has 0 amide bonds. The van der Waals surface area contributed by atoms with Gasteiger partial charge in [-0.25, -0.2) is 0 Å². The molecule has 0 fully saturated rings. The van der Waals surface area contributed by atoms with E-state index >= 15 is 0 Å². The number of anilines is 1. The molecule has 0 aliphatic heterocycles. The van der Waals surface area contributed by atoms with Crippen molar-refractivity contribution in [2.75, 3.05) is 18.1 Å². The minimum atomic E-state index is 0.679. The second kappa shape index (κ2) is 6.52. The number of nitrogen functional groups attached to an aromatic ring is 1. The van der Waals surface area contributed by atoms with Gasteiger partial charge in [0.25, 0.3) is 0 Å². The van der Waals surface area contributed by atoms with Crippen molar-refractivity contribution in [1.29, 1.82) is 0 Å². The van der Waals surface area contributed by atoms with Crippen LogP contribution in [-0.4, -0.2) is 22.1 Å². The molecular formula is C14H19N3OS. The van der Waals surface area contributed by atoms with Gasteiger partial charge in [-0.3, -0.25) is 4.68 Å². The van der Waals surface area contributed by atoms with Crippen molar-refractivity contribution >= 4 is 17.4 Å². The van der Waals surface area contributed by atoms with Crippen LogP contribution in [0.1, 0.15) is 12.1 Å². The zero-order valence-electron chi connectivity index (χ0n) is 11.3. The van der Waals surface area contributed by atoms with Crippen molar-refractivity contribution in [3.05, 3.63) is 36.0 Å². The summed E-state index contributed by atoms with van der Waals surface area (Å²) in [6, 6.07) is 9.68. The standard InChI is InChI=1S/C14H19N3OS/c1-11-10-14(17(2)16-11)19-9-5-8-18-13-7-4-3-6-12(13)15/h3-4,6-7,10H,5,8-9,15H2,1-2H3. The molecular weight excluding hydrogens is 258 g/mol. The third-order valence-electron chi connectivity index (χ3n) is 2.67. The molecule has 0 aliphatic carbocycles. The van der Waals surface area contributed by atoms with Crippen molar-refractivity contribution in [3.63, 3.8) is 0 Å². The van der Waals surface area contributed by atoms with Gasteiger partial charge in [-0.2, -0.15) is 5.10 Å². The Morgan fingerprint density at radius 1 is 1.37 bits per heavy atom. The summed E-state index contributed by atoms with van der Waals surface area (Å²) in [5.41, 5.74) is 7.55. The zero-order valence-corrected chi connectivity index (χ0v) is 12.1. The summed E-state index contributed by atoms with van der Waals surface area (Å²) in [5, 5.41) is 5.51. The van der Waals surface area contributed by atoms with E-state index in [-0.39, 0.29) is 0 Å². The van der Waals surface area contributed by atoms with Crippen LogP contribution in [0.25, 0.3) is 0 Å². The van der Waals surface area contributed by atoms with Gasteiger partial charge in [0.2, 0.25) is 0 Å². The Bertz CT molecular complexity index is 539. The van der Waals surface area contributed by atoms with Crippen LogP contribution in [0.4, 0.5) is 5.69 Å². The third-order valence-corrected chi connectivity index (χ3v) is 3.84. The first-order valence-electron chi connectivity index (χ1n) is 6.27.